The molecule has 30 heavy (non-hydrogen) atoms. The van der Waals surface area contributed by atoms with Crippen molar-refractivity contribution >= 4 is 32.7 Å². The van der Waals surface area contributed by atoms with Crippen LogP contribution >= 0.6 is 0 Å². The maximum absolute atomic E-state index is 12.9. The molecule has 0 aliphatic carbocycles. The standard InChI is InChI=1S/C19H15N5O5S/c20-30(27,28)14-3-1-13(2-4-14)23-17(25)15-10-29-18-16(15)19(26)24(11-22-18)9-12-5-7-21-8-6-12/h1-8,10-11H,9H2,(H,23,25)(H2,20,27,28). The lowest BCUT2D eigenvalue weighted by molar-refractivity contribution is 0.102. The van der Waals surface area contributed by atoms with E-state index in [9.17, 15) is 18.0 Å². The third kappa shape index (κ3) is 3.83. The summed E-state index contributed by atoms with van der Waals surface area (Å²) in [6.07, 6.45) is 5.74. The first-order valence-electron chi connectivity index (χ1n) is 8.63. The van der Waals surface area contributed by atoms with Crippen LogP contribution in [0.3, 0.4) is 0 Å². The van der Waals surface area contributed by atoms with Gasteiger partial charge in [-0.25, -0.2) is 18.5 Å². The number of hydrogen-bond donors (Lipinski definition) is 2. The van der Waals surface area contributed by atoms with Crippen LogP contribution in [0.1, 0.15) is 15.9 Å². The van der Waals surface area contributed by atoms with Crippen molar-refractivity contribution in [3.05, 3.63) is 82.9 Å². The normalized spacial score (nSPS) is 11.5. The maximum Gasteiger partial charge on any atom is 0.265 e. The number of sulfonamides is 1. The molecule has 0 saturated carbocycles. The van der Waals surface area contributed by atoms with Gasteiger partial charge in [-0.1, -0.05) is 0 Å². The van der Waals surface area contributed by atoms with Gasteiger partial charge in [0, 0.05) is 18.1 Å². The smallest absolute Gasteiger partial charge is 0.265 e. The van der Waals surface area contributed by atoms with Gasteiger partial charge in [-0.15, -0.1) is 0 Å². The van der Waals surface area contributed by atoms with Crippen molar-refractivity contribution in [2.24, 2.45) is 5.14 Å². The molecule has 0 unspecified atom stereocenters. The lowest BCUT2D eigenvalue weighted by atomic mass is 10.2. The summed E-state index contributed by atoms with van der Waals surface area (Å²) < 4.78 is 29.3. The highest BCUT2D eigenvalue weighted by molar-refractivity contribution is 7.89. The summed E-state index contributed by atoms with van der Waals surface area (Å²) >= 11 is 0. The Balaban J connectivity index is 1.64. The number of pyridine rings is 1. The van der Waals surface area contributed by atoms with E-state index in [1.54, 1.807) is 24.5 Å². The Morgan fingerprint density at radius 1 is 1.13 bits per heavy atom. The van der Waals surface area contributed by atoms with Gasteiger partial charge >= 0.3 is 0 Å². The first-order chi connectivity index (χ1) is 14.3. The fraction of sp³-hybridized carbons (Fsp3) is 0.0526. The molecular weight excluding hydrogens is 410 g/mol. The molecule has 4 aromatic rings. The zero-order valence-corrected chi connectivity index (χ0v) is 16.2. The Labute approximate surface area is 170 Å². The fourth-order valence-electron chi connectivity index (χ4n) is 2.86. The van der Waals surface area contributed by atoms with E-state index in [2.05, 4.69) is 15.3 Å². The maximum atomic E-state index is 12.9. The number of anilines is 1. The first-order valence-corrected chi connectivity index (χ1v) is 10.2. The number of fused-ring (bicyclic) bond motifs is 1. The van der Waals surface area contributed by atoms with Crippen molar-refractivity contribution < 1.29 is 17.6 Å². The van der Waals surface area contributed by atoms with E-state index in [1.807, 2.05) is 0 Å². The third-order valence-corrected chi connectivity index (χ3v) is 5.28. The second-order valence-electron chi connectivity index (χ2n) is 6.39. The SMILES string of the molecule is NS(=O)(=O)c1ccc(NC(=O)c2coc3ncn(Cc4ccncc4)c(=O)c23)cc1. The summed E-state index contributed by atoms with van der Waals surface area (Å²) in [4.78, 5) is 33.6. The molecule has 0 aliphatic rings. The minimum Gasteiger partial charge on any atom is -0.445 e. The number of benzene rings is 1. The number of amides is 1. The fourth-order valence-corrected chi connectivity index (χ4v) is 3.37. The highest BCUT2D eigenvalue weighted by Crippen LogP contribution is 2.19. The third-order valence-electron chi connectivity index (χ3n) is 4.35. The van der Waals surface area contributed by atoms with Crippen LogP contribution in [0.4, 0.5) is 5.69 Å². The number of aromatic nitrogens is 3. The second kappa shape index (κ2) is 7.54. The number of nitrogens with one attached hydrogen (secondary N) is 1. The largest absolute Gasteiger partial charge is 0.445 e. The molecule has 10 nitrogen and oxygen atoms in total. The summed E-state index contributed by atoms with van der Waals surface area (Å²) in [5.41, 5.74) is 0.795. The van der Waals surface area contributed by atoms with E-state index < -0.39 is 21.5 Å². The van der Waals surface area contributed by atoms with Crippen LogP contribution in [0.15, 0.2) is 75.5 Å². The number of hydrogen-bond acceptors (Lipinski definition) is 7. The molecule has 0 radical (unpaired) electrons. The van der Waals surface area contributed by atoms with Gasteiger partial charge in [0.25, 0.3) is 11.5 Å². The van der Waals surface area contributed by atoms with Gasteiger partial charge in [0.1, 0.15) is 18.0 Å². The summed E-state index contributed by atoms with van der Waals surface area (Å²) in [5.74, 6) is -0.599. The van der Waals surface area contributed by atoms with E-state index in [0.717, 1.165) is 11.8 Å². The quantitative estimate of drug-likeness (QED) is 0.489. The summed E-state index contributed by atoms with van der Waals surface area (Å²) in [6, 6.07) is 8.85. The predicted molar refractivity (Wildman–Crippen MR) is 107 cm³/mol. The van der Waals surface area contributed by atoms with Crippen molar-refractivity contribution in [2.75, 3.05) is 5.32 Å². The van der Waals surface area contributed by atoms with E-state index in [-0.39, 0.29) is 28.1 Å². The average Bonchev–Trinajstić information content (AvgIpc) is 3.16. The Hall–Kier alpha value is -3.83. The molecular formula is C19H15N5O5S. The van der Waals surface area contributed by atoms with Crippen molar-refractivity contribution in [3.8, 4) is 0 Å². The molecule has 11 heteroatoms. The van der Waals surface area contributed by atoms with E-state index in [4.69, 9.17) is 9.56 Å². The molecule has 3 heterocycles. The number of nitrogens with two attached hydrogens (primary N) is 1. The van der Waals surface area contributed by atoms with Crippen molar-refractivity contribution in [1.29, 1.82) is 0 Å². The number of carbonyl (C=O) groups is 1. The summed E-state index contributed by atoms with van der Waals surface area (Å²) in [6.45, 7) is 0.256. The van der Waals surface area contributed by atoms with Crippen LogP contribution in [0.25, 0.3) is 11.1 Å². The van der Waals surface area contributed by atoms with Gasteiger partial charge in [0.2, 0.25) is 15.7 Å². The minimum absolute atomic E-state index is 0.0158. The van der Waals surface area contributed by atoms with Crippen LogP contribution in [-0.2, 0) is 16.6 Å². The predicted octanol–water partition coefficient (Wildman–Crippen LogP) is 1.33. The highest BCUT2D eigenvalue weighted by atomic mass is 32.2. The average molecular weight is 425 g/mol. The zero-order valence-electron chi connectivity index (χ0n) is 15.3. The molecule has 0 atom stereocenters. The Kier molecular flexibility index (Phi) is 4.90. The lowest BCUT2D eigenvalue weighted by Crippen LogP contribution is -2.23. The summed E-state index contributed by atoms with van der Waals surface area (Å²) in [5, 5.41) is 7.70. The number of nitrogens with zero attached hydrogens (tertiary/aromatic N) is 3. The topological polar surface area (TPSA) is 150 Å². The number of carbonyl (C=O) groups excluding carboxylic acids is 1. The van der Waals surface area contributed by atoms with Gasteiger partial charge in [0.05, 0.1) is 17.0 Å². The van der Waals surface area contributed by atoms with Gasteiger partial charge < -0.3 is 9.73 Å². The van der Waals surface area contributed by atoms with Gasteiger partial charge in [-0.05, 0) is 42.0 Å². The zero-order chi connectivity index (χ0) is 21.3. The molecule has 3 N–H and O–H groups in total. The first kappa shape index (κ1) is 19.5. The Morgan fingerprint density at radius 2 is 1.83 bits per heavy atom. The van der Waals surface area contributed by atoms with Crippen molar-refractivity contribution in [2.45, 2.75) is 11.4 Å². The second-order valence-corrected chi connectivity index (χ2v) is 7.95. The molecule has 0 fully saturated rings. The Bertz CT molecular complexity index is 1390. The summed E-state index contributed by atoms with van der Waals surface area (Å²) in [7, 11) is -3.84. The number of rotatable bonds is 5. The van der Waals surface area contributed by atoms with E-state index >= 15 is 0 Å². The molecule has 1 amide bonds. The minimum atomic E-state index is -3.84. The van der Waals surface area contributed by atoms with E-state index in [0.29, 0.717) is 5.69 Å². The van der Waals surface area contributed by atoms with Crippen molar-refractivity contribution in [1.82, 2.24) is 14.5 Å². The Morgan fingerprint density at radius 3 is 2.50 bits per heavy atom. The number of primary sulfonamides is 1. The van der Waals surface area contributed by atoms with Crippen LogP contribution < -0.4 is 16.0 Å². The van der Waals surface area contributed by atoms with Crippen LogP contribution in [0.2, 0.25) is 0 Å². The highest BCUT2D eigenvalue weighted by Gasteiger charge is 2.19. The van der Waals surface area contributed by atoms with Crippen LogP contribution in [-0.4, -0.2) is 28.9 Å². The molecule has 4 rings (SSSR count). The van der Waals surface area contributed by atoms with Gasteiger partial charge in [-0.2, -0.15) is 0 Å². The van der Waals surface area contributed by atoms with Crippen LogP contribution in [0, 0.1) is 0 Å². The molecule has 0 spiro atoms. The molecule has 152 valence electrons. The van der Waals surface area contributed by atoms with Crippen molar-refractivity contribution in [3.63, 3.8) is 0 Å². The number of furan rings is 1. The molecule has 3 aromatic heterocycles. The monoisotopic (exact) mass is 425 g/mol. The molecule has 0 aliphatic heterocycles. The van der Waals surface area contributed by atoms with Crippen LogP contribution in [0.5, 0.6) is 0 Å². The molecule has 0 saturated heterocycles. The lowest BCUT2D eigenvalue weighted by Gasteiger charge is -2.06. The van der Waals surface area contributed by atoms with Gasteiger partial charge in [0.15, 0.2) is 0 Å². The molecule has 1 aromatic carbocycles. The van der Waals surface area contributed by atoms with Gasteiger partial charge in [-0.3, -0.25) is 19.1 Å². The molecule has 0 bridgehead atoms. The van der Waals surface area contributed by atoms with E-state index in [1.165, 1.54) is 35.2 Å².